The maximum absolute atomic E-state index is 12.7. The molecule has 0 aliphatic carbocycles. The molecule has 4 amide bonds. The molecule has 0 saturated carbocycles. The minimum Gasteiger partial charge on any atom is -0.366 e. The molecular weight excluding hydrogens is 484 g/mol. The smallest absolute Gasteiger partial charge is 0.246 e. The first-order valence-electron chi connectivity index (χ1n) is 11.8. The van der Waals surface area contributed by atoms with Gasteiger partial charge in [-0.1, -0.05) is 60.7 Å². The SMILES string of the molecule is NC(=O)C1=CN(Cc2ccccc2)C=C(C(N)=O)C1C1C(C(N)=O)=CN(Cc2ccccc2)C=C1C(N)=O. The average molecular weight is 513 g/mol. The van der Waals surface area contributed by atoms with Gasteiger partial charge in [0, 0.05) is 72.0 Å². The van der Waals surface area contributed by atoms with Crippen molar-refractivity contribution in [3.05, 3.63) is 119 Å². The van der Waals surface area contributed by atoms with E-state index in [0.717, 1.165) is 11.1 Å². The van der Waals surface area contributed by atoms with Crippen LogP contribution >= 0.6 is 0 Å². The summed E-state index contributed by atoms with van der Waals surface area (Å²) in [6.07, 6.45) is 5.94. The summed E-state index contributed by atoms with van der Waals surface area (Å²) in [4.78, 5) is 54.0. The number of benzene rings is 2. The van der Waals surface area contributed by atoms with Gasteiger partial charge in [0.15, 0.2) is 0 Å². The molecule has 0 unspecified atom stereocenters. The Kier molecular flexibility index (Phi) is 7.43. The number of carbonyl (C=O) groups is 4. The van der Waals surface area contributed by atoms with Crippen LogP contribution in [0.3, 0.4) is 0 Å². The summed E-state index contributed by atoms with van der Waals surface area (Å²) in [7, 11) is 0. The number of nitrogens with zero attached hydrogens (tertiary/aromatic N) is 2. The molecule has 0 atom stereocenters. The molecule has 0 radical (unpaired) electrons. The van der Waals surface area contributed by atoms with Crippen LogP contribution < -0.4 is 22.9 Å². The number of nitrogens with two attached hydrogens (primary N) is 4. The zero-order chi connectivity index (χ0) is 27.4. The number of hydrogen-bond acceptors (Lipinski definition) is 6. The van der Waals surface area contributed by atoms with Crippen molar-refractivity contribution >= 4 is 23.6 Å². The minimum atomic E-state index is -1.16. The fraction of sp³-hybridized carbons (Fsp3) is 0.143. The molecule has 2 heterocycles. The molecule has 8 N–H and O–H groups in total. The molecule has 10 heteroatoms. The first-order chi connectivity index (χ1) is 18.2. The van der Waals surface area contributed by atoms with E-state index in [-0.39, 0.29) is 22.3 Å². The summed E-state index contributed by atoms with van der Waals surface area (Å²) in [6.45, 7) is 0.626. The van der Waals surface area contributed by atoms with Gasteiger partial charge in [-0.2, -0.15) is 0 Å². The third-order valence-electron chi connectivity index (χ3n) is 6.45. The Balaban J connectivity index is 1.80. The van der Waals surface area contributed by atoms with Crippen LogP contribution in [0, 0.1) is 11.8 Å². The minimum absolute atomic E-state index is 0.0157. The number of primary amides is 4. The van der Waals surface area contributed by atoms with E-state index in [4.69, 9.17) is 22.9 Å². The summed E-state index contributed by atoms with van der Waals surface area (Å²) < 4.78 is 0. The summed E-state index contributed by atoms with van der Waals surface area (Å²) in [5.41, 5.74) is 24.8. The molecule has 2 aliphatic rings. The van der Waals surface area contributed by atoms with Crippen molar-refractivity contribution in [3.63, 3.8) is 0 Å². The lowest BCUT2D eigenvalue weighted by Crippen LogP contribution is -2.43. The van der Waals surface area contributed by atoms with E-state index in [0.29, 0.717) is 13.1 Å². The van der Waals surface area contributed by atoms with E-state index in [1.54, 1.807) is 9.80 Å². The normalized spacial score (nSPS) is 16.2. The predicted molar refractivity (Wildman–Crippen MR) is 140 cm³/mol. The first-order valence-corrected chi connectivity index (χ1v) is 11.8. The molecule has 2 aromatic rings. The van der Waals surface area contributed by atoms with Gasteiger partial charge in [-0.25, -0.2) is 0 Å². The largest absolute Gasteiger partial charge is 0.366 e. The second-order valence-corrected chi connectivity index (χ2v) is 9.07. The number of hydrogen-bond donors (Lipinski definition) is 4. The fourth-order valence-corrected chi connectivity index (χ4v) is 4.80. The van der Waals surface area contributed by atoms with Gasteiger partial charge in [0.05, 0.1) is 0 Å². The van der Waals surface area contributed by atoms with Crippen LogP contribution in [0.4, 0.5) is 0 Å². The lowest BCUT2D eigenvalue weighted by Gasteiger charge is -2.38. The van der Waals surface area contributed by atoms with Gasteiger partial charge in [0.25, 0.3) is 0 Å². The van der Waals surface area contributed by atoms with Crippen LogP contribution in [0.15, 0.2) is 108 Å². The molecular formula is C28H28N6O4. The van der Waals surface area contributed by atoms with Crippen LogP contribution in [0.5, 0.6) is 0 Å². The fourth-order valence-electron chi connectivity index (χ4n) is 4.80. The highest BCUT2D eigenvalue weighted by atomic mass is 16.2. The van der Waals surface area contributed by atoms with E-state index in [1.807, 2.05) is 60.7 Å². The Hall–Kier alpha value is -5.12. The molecule has 2 aromatic carbocycles. The van der Waals surface area contributed by atoms with Crippen molar-refractivity contribution in [1.82, 2.24) is 9.80 Å². The summed E-state index contributed by atoms with van der Waals surface area (Å²) in [5, 5.41) is 0. The Morgan fingerprint density at radius 2 is 0.763 bits per heavy atom. The Bertz CT molecular complexity index is 1220. The highest BCUT2D eigenvalue weighted by Crippen LogP contribution is 2.42. The monoisotopic (exact) mass is 512 g/mol. The van der Waals surface area contributed by atoms with Gasteiger partial charge < -0.3 is 32.7 Å². The molecule has 4 rings (SSSR count). The van der Waals surface area contributed by atoms with E-state index >= 15 is 0 Å². The third kappa shape index (κ3) is 5.49. The molecule has 10 nitrogen and oxygen atoms in total. The third-order valence-corrected chi connectivity index (χ3v) is 6.45. The number of amides is 4. The van der Waals surface area contributed by atoms with E-state index in [1.165, 1.54) is 24.8 Å². The van der Waals surface area contributed by atoms with Crippen LogP contribution in [0.2, 0.25) is 0 Å². The van der Waals surface area contributed by atoms with E-state index in [9.17, 15) is 19.2 Å². The second-order valence-electron chi connectivity index (χ2n) is 9.07. The average Bonchev–Trinajstić information content (AvgIpc) is 2.89. The first kappa shape index (κ1) is 26.0. The quantitative estimate of drug-likeness (QED) is 0.384. The van der Waals surface area contributed by atoms with Crippen molar-refractivity contribution in [1.29, 1.82) is 0 Å². The number of rotatable bonds is 9. The highest BCUT2D eigenvalue weighted by molar-refractivity contribution is 6.04. The Morgan fingerprint density at radius 3 is 1.00 bits per heavy atom. The molecule has 2 aliphatic heterocycles. The lowest BCUT2D eigenvalue weighted by atomic mass is 9.70. The molecule has 0 fully saturated rings. The van der Waals surface area contributed by atoms with Crippen molar-refractivity contribution in [2.75, 3.05) is 0 Å². The summed E-state index contributed by atoms with van der Waals surface area (Å²) in [5.74, 6) is -5.71. The Labute approximate surface area is 219 Å². The van der Waals surface area contributed by atoms with Crippen LogP contribution in [0.25, 0.3) is 0 Å². The topological polar surface area (TPSA) is 179 Å². The van der Waals surface area contributed by atoms with Gasteiger partial charge in [0.1, 0.15) is 0 Å². The Morgan fingerprint density at radius 1 is 0.500 bits per heavy atom. The molecule has 0 saturated heterocycles. The van der Waals surface area contributed by atoms with Crippen molar-refractivity contribution in [2.45, 2.75) is 13.1 Å². The standard InChI is InChI=1S/C28H28N6O4/c29-25(35)19-13-33(11-17-7-3-1-4-8-17)14-20(26(30)36)23(19)24-21(27(31)37)15-34(16-22(24)28(32)38)12-18-9-5-2-6-10-18/h1-10,13-16,23-24H,11-12H2,(H2,29,35)(H2,30,36)(H2,31,37)(H2,32,38). The second kappa shape index (κ2) is 10.9. The van der Waals surface area contributed by atoms with Crippen molar-refractivity contribution in [3.8, 4) is 0 Å². The molecule has 194 valence electrons. The molecule has 0 aromatic heterocycles. The summed E-state index contributed by atoms with van der Waals surface area (Å²) in [6, 6.07) is 18.7. The maximum Gasteiger partial charge on any atom is 0.246 e. The molecule has 0 spiro atoms. The molecule has 0 bridgehead atoms. The van der Waals surface area contributed by atoms with Gasteiger partial charge in [-0.3, -0.25) is 19.2 Å². The van der Waals surface area contributed by atoms with Crippen LogP contribution in [-0.2, 0) is 32.3 Å². The van der Waals surface area contributed by atoms with Crippen molar-refractivity contribution < 1.29 is 19.2 Å². The van der Waals surface area contributed by atoms with Crippen LogP contribution in [-0.4, -0.2) is 33.4 Å². The lowest BCUT2D eigenvalue weighted by molar-refractivity contribution is -0.119. The highest BCUT2D eigenvalue weighted by Gasteiger charge is 2.44. The van der Waals surface area contributed by atoms with E-state index < -0.39 is 35.5 Å². The molecule has 38 heavy (non-hydrogen) atoms. The van der Waals surface area contributed by atoms with Gasteiger partial charge in [-0.15, -0.1) is 0 Å². The van der Waals surface area contributed by atoms with Gasteiger partial charge in [0.2, 0.25) is 23.6 Å². The maximum atomic E-state index is 12.7. The summed E-state index contributed by atoms with van der Waals surface area (Å²) >= 11 is 0. The van der Waals surface area contributed by atoms with E-state index in [2.05, 4.69) is 0 Å². The number of carbonyl (C=O) groups excluding carboxylic acids is 4. The zero-order valence-electron chi connectivity index (χ0n) is 20.5. The van der Waals surface area contributed by atoms with Gasteiger partial charge >= 0.3 is 0 Å². The van der Waals surface area contributed by atoms with Crippen LogP contribution in [0.1, 0.15) is 11.1 Å². The van der Waals surface area contributed by atoms with Crippen molar-refractivity contribution in [2.24, 2.45) is 34.8 Å². The zero-order valence-corrected chi connectivity index (χ0v) is 20.5. The predicted octanol–water partition coefficient (Wildman–Crippen LogP) is 0.727. The van der Waals surface area contributed by atoms with Gasteiger partial charge in [-0.05, 0) is 11.1 Å².